The first kappa shape index (κ1) is 20.9. The smallest absolute Gasteiger partial charge is 0.261 e. The molecule has 146 valence electrons. The van der Waals surface area contributed by atoms with Crippen molar-refractivity contribution in [1.29, 1.82) is 0 Å². The second-order valence-electron chi connectivity index (χ2n) is 6.92. The summed E-state index contributed by atoms with van der Waals surface area (Å²) in [6, 6.07) is 14.6. The van der Waals surface area contributed by atoms with Crippen molar-refractivity contribution < 1.29 is 13.2 Å². The van der Waals surface area contributed by atoms with Gasteiger partial charge in [0.1, 0.15) is 0 Å². The van der Waals surface area contributed by atoms with Crippen LogP contribution in [0.15, 0.2) is 59.5 Å². The number of anilines is 1. The molecule has 0 aromatic heterocycles. The van der Waals surface area contributed by atoms with Gasteiger partial charge in [-0.3, -0.25) is 9.52 Å². The Labute approximate surface area is 161 Å². The van der Waals surface area contributed by atoms with Crippen LogP contribution in [0.4, 0.5) is 5.69 Å². The number of nitrogens with one attached hydrogen (secondary N) is 1. The van der Waals surface area contributed by atoms with Crippen LogP contribution in [0.2, 0.25) is 0 Å². The first-order valence-corrected chi connectivity index (χ1v) is 10.4. The summed E-state index contributed by atoms with van der Waals surface area (Å²) in [6.45, 7) is 4.64. The summed E-state index contributed by atoms with van der Waals surface area (Å²) in [5.41, 5.74) is 6.80. The normalized spacial score (nSPS) is 12.6. The van der Waals surface area contributed by atoms with Crippen LogP contribution >= 0.6 is 0 Å². The van der Waals surface area contributed by atoms with Crippen molar-refractivity contribution in [3.8, 4) is 0 Å². The number of amides is 1. The summed E-state index contributed by atoms with van der Waals surface area (Å²) >= 11 is 0. The highest BCUT2D eigenvalue weighted by Crippen LogP contribution is 2.18. The number of rotatable bonds is 8. The predicted octanol–water partition coefficient (Wildman–Crippen LogP) is 2.93. The summed E-state index contributed by atoms with van der Waals surface area (Å²) in [4.78, 5) is 14.4. The molecule has 2 aromatic rings. The van der Waals surface area contributed by atoms with Crippen LogP contribution in [0.3, 0.4) is 0 Å². The zero-order valence-corrected chi connectivity index (χ0v) is 16.7. The molecule has 2 rings (SSSR count). The Morgan fingerprint density at radius 1 is 1.11 bits per heavy atom. The van der Waals surface area contributed by atoms with Gasteiger partial charge in [0.05, 0.1) is 4.90 Å². The highest BCUT2D eigenvalue weighted by Gasteiger charge is 2.17. The van der Waals surface area contributed by atoms with Crippen molar-refractivity contribution in [3.63, 3.8) is 0 Å². The molecule has 0 saturated carbocycles. The van der Waals surface area contributed by atoms with Crippen molar-refractivity contribution in [2.24, 2.45) is 11.7 Å². The Bertz CT molecular complexity index is 867. The van der Waals surface area contributed by atoms with Crippen LogP contribution in [0.1, 0.15) is 30.6 Å². The van der Waals surface area contributed by atoms with E-state index >= 15 is 0 Å². The van der Waals surface area contributed by atoms with Crippen molar-refractivity contribution in [3.05, 3.63) is 60.2 Å². The van der Waals surface area contributed by atoms with Gasteiger partial charge in [0, 0.05) is 30.9 Å². The van der Waals surface area contributed by atoms with Crippen LogP contribution in [-0.4, -0.2) is 38.9 Å². The molecule has 0 radical (unpaired) electrons. The minimum atomic E-state index is -3.70. The zero-order chi connectivity index (χ0) is 20.0. The number of carbonyl (C=O) groups excluding carboxylic acids is 1. The minimum absolute atomic E-state index is 0.0317. The number of nitrogens with zero attached hydrogens (tertiary/aromatic N) is 1. The molecule has 0 bridgehead atoms. The first-order valence-electron chi connectivity index (χ1n) is 8.89. The second kappa shape index (κ2) is 9.01. The number of benzene rings is 2. The number of hydrogen-bond donors (Lipinski definition) is 2. The van der Waals surface area contributed by atoms with E-state index in [0.29, 0.717) is 30.1 Å². The van der Waals surface area contributed by atoms with E-state index in [1.54, 1.807) is 54.4 Å². The molecule has 1 atom stereocenters. The molecule has 0 aliphatic heterocycles. The molecule has 6 nitrogen and oxygen atoms in total. The lowest BCUT2D eigenvalue weighted by molar-refractivity contribution is 0.0789. The van der Waals surface area contributed by atoms with Gasteiger partial charge in [-0.25, -0.2) is 8.42 Å². The Hall–Kier alpha value is -2.38. The Morgan fingerprint density at radius 2 is 1.78 bits per heavy atom. The molecule has 27 heavy (non-hydrogen) atoms. The average Bonchev–Trinajstić information content (AvgIpc) is 2.65. The van der Waals surface area contributed by atoms with Gasteiger partial charge in [-0.05, 0) is 42.7 Å². The van der Waals surface area contributed by atoms with E-state index in [1.165, 1.54) is 12.1 Å². The maximum absolute atomic E-state index is 12.6. The van der Waals surface area contributed by atoms with E-state index in [1.807, 2.05) is 0 Å². The van der Waals surface area contributed by atoms with Gasteiger partial charge in [0.2, 0.25) is 0 Å². The third-order valence-corrected chi connectivity index (χ3v) is 5.81. The summed E-state index contributed by atoms with van der Waals surface area (Å²) < 4.78 is 27.4. The van der Waals surface area contributed by atoms with E-state index in [2.05, 4.69) is 18.6 Å². The summed E-state index contributed by atoms with van der Waals surface area (Å²) in [6.07, 6.45) is 0.709. The van der Waals surface area contributed by atoms with E-state index < -0.39 is 10.0 Å². The van der Waals surface area contributed by atoms with Gasteiger partial charge >= 0.3 is 0 Å². The molecule has 0 aliphatic rings. The molecule has 3 N–H and O–H groups in total. The molecule has 2 aromatic carbocycles. The fraction of sp³-hybridized carbons (Fsp3) is 0.350. The highest BCUT2D eigenvalue weighted by molar-refractivity contribution is 7.92. The largest absolute Gasteiger partial charge is 0.342 e. The zero-order valence-electron chi connectivity index (χ0n) is 15.9. The Morgan fingerprint density at radius 3 is 2.41 bits per heavy atom. The summed E-state index contributed by atoms with van der Waals surface area (Å²) in [7, 11) is -1.98. The summed E-state index contributed by atoms with van der Waals surface area (Å²) in [5, 5.41) is 0. The fourth-order valence-electron chi connectivity index (χ4n) is 2.53. The van der Waals surface area contributed by atoms with Crippen molar-refractivity contribution in [1.82, 2.24) is 4.90 Å². The first-order chi connectivity index (χ1) is 12.7. The maximum Gasteiger partial charge on any atom is 0.261 e. The Balaban J connectivity index is 2.09. The highest BCUT2D eigenvalue weighted by atomic mass is 32.2. The maximum atomic E-state index is 12.6. The standard InChI is InChI=1S/C20H27N3O3S/c1-15(2)19(21)12-13-23(3)20(24)16-8-7-9-17(14-16)22-27(25,26)18-10-5-4-6-11-18/h4-11,14-15,19,22H,12-13,21H2,1-3H3. The third-order valence-electron chi connectivity index (χ3n) is 4.42. The molecular formula is C20H27N3O3S. The van der Waals surface area contributed by atoms with Gasteiger partial charge in [-0.15, -0.1) is 0 Å². The third kappa shape index (κ3) is 5.80. The van der Waals surface area contributed by atoms with Crippen molar-refractivity contribution in [2.75, 3.05) is 18.3 Å². The molecule has 0 aliphatic carbocycles. The van der Waals surface area contributed by atoms with Crippen LogP contribution in [0.25, 0.3) is 0 Å². The number of hydrogen-bond acceptors (Lipinski definition) is 4. The lowest BCUT2D eigenvalue weighted by Gasteiger charge is -2.22. The van der Waals surface area contributed by atoms with E-state index in [9.17, 15) is 13.2 Å². The van der Waals surface area contributed by atoms with Gasteiger partial charge in [-0.1, -0.05) is 38.1 Å². The molecule has 0 fully saturated rings. The lowest BCUT2D eigenvalue weighted by Crippen LogP contribution is -2.34. The van der Waals surface area contributed by atoms with E-state index in [0.717, 1.165) is 0 Å². The van der Waals surface area contributed by atoms with Gasteiger partial charge in [0.15, 0.2) is 0 Å². The number of nitrogens with two attached hydrogens (primary N) is 1. The van der Waals surface area contributed by atoms with Crippen LogP contribution in [0.5, 0.6) is 0 Å². The minimum Gasteiger partial charge on any atom is -0.342 e. The van der Waals surface area contributed by atoms with Gasteiger partial charge in [-0.2, -0.15) is 0 Å². The Kier molecular flexibility index (Phi) is 6.98. The van der Waals surface area contributed by atoms with Crippen molar-refractivity contribution >= 4 is 21.6 Å². The average molecular weight is 390 g/mol. The topological polar surface area (TPSA) is 92.5 Å². The van der Waals surface area contributed by atoms with Crippen molar-refractivity contribution in [2.45, 2.75) is 31.2 Å². The molecular weight excluding hydrogens is 362 g/mol. The number of sulfonamides is 1. The van der Waals surface area contributed by atoms with E-state index in [-0.39, 0.29) is 16.8 Å². The van der Waals surface area contributed by atoms with Crippen LogP contribution in [0, 0.1) is 5.92 Å². The second-order valence-corrected chi connectivity index (χ2v) is 8.61. The molecule has 7 heteroatoms. The van der Waals surface area contributed by atoms with Gasteiger partial charge in [0.25, 0.3) is 15.9 Å². The molecule has 0 saturated heterocycles. The fourth-order valence-corrected chi connectivity index (χ4v) is 3.60. The molecule has 1 amide bonds. The van der Waals surface area contributed by atoms with Crippen LogP contribution < -0.4 is 10.5 Å². The SMILES string of the molecule is CC(C)C(N)CCN(C)C(=O)c1cccc(NS(=O)(=O)c2ccccc2)c1. The predicted molar refractivity (Wildman–Crippen MR) is 108 cm³/mol. The number of carbonyl (C=O) groups is 1. The van der Waals surface area contributed by atoms with Crippen LogP contribution in [-0.2, 0) is 10.0 Å². The molecule has 1 unspecified atom stereocenters. The lowest BCUT2D eigenvalue weighted by atomic mass is 10.0. The quantitative estimate of drug-likeness (QED) is 0.726. The van der Waals surface area contributed by atoms with E-state index in [4.69, 9.17) is 5.73 Å². The molecule has 0 heterocycles. The summed E-state index contributed by atoms with van der Waals surface area (Å²) in [5.74, 6) is 0.177. The molecule has 0 spiro atoms. The van der Waals surface area contributed by atoms with Gasteiger partial charge < -0.3 is 10.6 Å². The monoisotopic (exact) mass is 389 g/mol.